The van der Waals surface area contributed by atoms with E-state index in [1.807, 2.05) is 18.7 Å². The minimum Gasteiger partial charge on any atom is -0.389 e. The third kappa shape index (κ3) is 5.36. The summed E-state index contributed by atoms with van der Waals surface area (Å²) in [6.07, 6.45) is 1.58. The zero-order valence-corrected chi connectivity index (χ0v) is 12.9. The van der Waals surface area contributed by atoms with Crippen molar-refractivity contribution in [3.05, 3.63) is 17.8 Å². The molecule has 2 N–H and O–H groups in total. The summed E-state index contributed by atoms with van der Waals surface area (Å²) in [6, 6.07) is 1.78. The van der Waals surface area contributed by atoms with E-state index in [0.717, 1.165) is 5.56 Å². The van der Waals surface area contributed by atoms with E-state index in [1.165, 1.54) is 0 Å². The molecule has 0 saturated carbocycles. The summed E-state index contributed by atoms with van der Waals surface area (Å²) in [6.45, 7) is 7.89. The molecule has 0 amide bonds. The van der Waals surface area contributed by atoms with Crippen LogP contribution in [0.1, 0.15) is 19.4 Å². The lowest BCUT2D eigenvalue weighted by Crippen LogP contribution is -2.34. The number of rotatable bonds is 10. The van der Waals surface area contributed by atoms with Gasteiger partial charge in [0, 0.05) is 26.3 Å². The first kappa shape index (κ1) is 16.7. The van der Waals surface area contributed by atoms with Crippen molar-refractivity contribution in [1.29, 1.82) is 0 Å². The minimum atomic E-state index is 0.313. The summed E-state index contributed by atoms with van der Waals surface area (Å²) in [4.78, 5) is 2.35. The lowest BCUT2D eigenvalue weighted by molar-refractivity contribution is 0.141. The molecule has 0 bridgehead atoms. The van der Waals surface area contributed by atoms with Gasteiger partial charge in [0.2, 0.25) is 0 Å². The molecule has 0 spiro atoms. The van der Waals surface area contributed by atoms with Gasteiger partial charge in [-0.15, -0.1) is 5.10 Å². The largest absolute Gasteiger partial charge is 0.389 e. The number of anilines is 1. The fourth-order valence-electron chi connectivity index (χ4n) is 1.71. The van der Waals surface area contributed by atoms with Crippen molar-refractivity contribution in [3.8, 4) is 0 Å². The van der Waals surface area contributed by atoms with Crippen LogP contribution in [-0.4, -0.2) is 54.7 Å². The minimum absolute atomic E-state index is 0.313. The van der Waals surface area contributed by atoms with Gasteiger partial charge in [0.05, 0.1) is 25.0 Å². The molecule has 0 aliphatic carbocycles. The molecule has 0 unspecified atom stereocenters. The Morgan fingerprint density at radius 1 is 1.25 bits per heavy atom. The molecule has 0 aromatic carbocycles. The van der Waals surface area contributed by atoms with Crippen molar-refractivity contribution < 1.29 is 9.47 Å². The molecule has 1 rings (SSSR count). The normalized spacial score (nSPS) is 10.5. The van der Waals surface area contributed by atoms with Crippen LogP contribution in [0.25, 0.3) is 0 Å². The summed E-state index contributed by atoms with van der Waals surface area (Å²) >= 11 is 5.06. The number of nitrogens with zero attached hydrogens (tertiary/aromatic N) is 3. The van der Waals surface area contributed by atoms with Crippen molar-refractivity contribution in [3.63, 3.8) is 0 Å². The third-order valence-corrected chi connectivity index (χ3v) is 2.91. The topological polar surface area (TPSA) is 73.5 Å². The highest BCUT2D eigenvalue weighted by atomic mass is 32.1. The van der Waals surface area contributed by atoms with E-state index in [1.54, 1.807) is 12.3 Å². The maximum Gasteiger partial charge on any atom is 0.161 e. The van der Waals surface area contributed by atoms with Gasteiger partial charge in [-0.1, -0.05) is 12.2 Å². The molecule has 0 radical (unpaired) electrons. The molecule has 6 nitrogen and oxygen atoms in total. The van der Waals surface area contributed by atoms with Crippen LogP contribution >= 0.6 is 12.2 Å². The van der Waals surface area contributed by atoms with E-state index >= 15 is 0 Å². The monoisotopic (exact) mass is 298 g/mol. The van der Waals surface area contributed by atoms with Crippen LogP contribution in [0, 0.1) is 0 Å². The summed E-state index contributed by atoms with van der Waals surface area (Å²) in [5.74, 6) is 0.680. The first-order valence-electron chi connectivity index (χ1n) is 6.72. The summed E-state index contributed by atoms with van der Waals surface area (Å²) in [7, 11) is 0. The Morgan fingerprint density at radius 3 is 2.35 bits per heavy atom. The Hall–Kier alpha value is -1.31. The first-order chi connectivity index (χ1) is 9.70. The average molecular weight is 298 g/mol. The lowest BCUT2D eigenvalue weighted by atomic mass is 10.2. The van der Waals surface area contributed by atoms with Gasteiger partial charge in [-0.2, -0.15) is 5.10 Å². The standard InChI is InChI=1S/C13H22N4O2S/c1-3-18-9-7-17(8-10-19-4-2)13-11(12(14)20)5-6-15-16-13/h5-6H,3-4,7-10H2,1-2H3,(H2,14,20). The molecule has 1 heterocycles. The molecule has 0 saturated heterocycles. The molecular formula is C13H22N4O2S. The van der Waals surface area contributed by atoms with Crippen LogP contribution in [-0.2, 0) is 9.47 Å². The van der Waals surface area contributed by atoms with E-state index < -0.39 is 0 Å². The van der Waals surface area contributed by atoms with Crippen molar-refractivity contribution in [2.24, 2.45) is 5.73 Å². The number of ether oxygens (including phenoxy) is 2. The zero-order chi connectivity index (χ0) is 14.8. The molecule has 0 atom stereocenters. The van der Waals surface area contributed by atoms with Gasteiger partial charge >= 0.3 is 0 Å². The fourth-order valence-corrected chi connectivity index (χ4v) is 1.87. The number of nitrogens with two attached hydrogens (primary N) is 1. The highest BCUT2D eigenvalue weighted by Crippen LogP contribution is 2.15. The van der Waals surface area contributed by atoms with E-state index in [0.29, 0.717) is 50.3 Å². The Balaban J connectivity index is 2.81. The van der Waals surface area contributed by atoms with Crippen LogP contribution in [0.3, 0.4) is 0 Å². The van der Waals surface area contributed by atoms with E-state index in [4.69, 9.17) is 27.4 Å². The SMILES string of the molecule is CCOCCN(CCOCC)c1nnccc1C(N)=S. The second-order valence-electron chi connectivity index (χ2n) is 4.01. The smallest absolute Gasteiger partial charge is 0.161 e. The number of thiocarbonyl (C=S) groups is 1. The lowest BCUT2D eigenvalue weighted by Gasteiger charge is -2.24. The van der Waals surface area contributed by atoms with Crippen LogP contribution in [0.4, 0.5) is 5.82 Å². The van der Waals surface area contributed by atoms with E-state index in [2.05, 4.69) is 10.2 Å². The highest BCUT2D eigenvalue weighted by molar-refractivity contribution is 7.80. The van der Waals surface area contributed by atoms with Gasteiger partial charge in [-0.3, -0.25) is 0 Å². The molecule has 7 heteroatoms. The van der Waals surface area contributed by atoms with Gasteiger partial charge in [0.15, 0.2) is 5.82 Å². The average Bonchev–Trinajstić information content (AvgIpc) is 2.46. The van der Waals surface area contributed by atoms with Crippen molar-refractivity contribution in [1.82, 2.24) is 10.2 Å². The highest BCUT2D eigenvalue weighted by Gasteiger charge is 2.14. The maximum absolute atomic E-state index is 5.74. The third-order valence-electron chi connectivity index (χ3n) is 2.69. The Labute approximate surface area is 125 Å². The molecule has 0 aliphatic rings. The van der Waals surface area contributed by atoms with Crippen molar-refractivity contribution >= 4 is 23.0 Å². The van der Waals surface area contributed by atoms with Gasteiger partial charge < -0.3 is 20.1 Å². The second-order valence-corrected chi connectivity index (χ2v) is 4.45. The summed E-state index contributed by atoms with van der Waals surface area (Å²) < 4.78 is 10.8. The fraction of sp³-hybridized carbons (Fsp3) is 0.615. The molecule has 112 valence electrons. The first-order valence-corrected chi connectivity index (χ1v) is 7.13. The van der Waals surface area contributed by atoms with Crippen LogP contribution < -0.4 is 10.6 Å². The molecule has 1 aromatic rings. The van der Waals surface area contributed by atoms with E-state index in [9.17, 15) is 0 Å². The Kier molecular flexibility index (Phi) is 8.01. The zero-order valence-electron chi connectivity index (χ0n) is 12.0. The number of hydrogen-bond donors (Lipinski definition) is 1. The van der Waals surface area contributed by atoms with Crippen LogP contribution in [0.2, 0.25) is 0 Å². The van der Waals surface area contributed by atoms with Gasteiger partial charge in [-0.05, 0) is 19.9 Å². The van der Waals surface area contributed by atoms with Gasteiger partial charge in [-0.25, -0.2) is 0 Å². The second kappa shape index (κ2) is 9.57. The summed E-state index contributed by atoms with van der Waals surface area (Å²) in [5.41, 5.74) is 6.46. The van der Waals surface area contributed by atoms with Crippen molar-refractivity contribution in [2.45, 2.75) is 13.8 Å². The van der Waals surface area contributed by atoms with Gasteiger partial charge in [0.25, 0.3) is 0 Å². The number of hydrogen-bond acceptors (Lipinski definition) is 6. The predicted molar refractivity (Wildman–Crippen MR) is 83.1 cm³/mol. The molecule has 0 fully saturated rings. The Bertz CT molecular complexity index is 407. The molecule has 0 aliphatic heterocycles. The van der Waals surface area contributed by atoms with Gasteiger partial charge in [0.1, 0.15) is 4.99 Å². The molecular weight excluding hydrogens is 276 g/mol. The quantitative estimate of drug-likeness (QED) is 0.510. The Morgan fingerprint density at radius 2 is 1.85 bits per heavy atom. The van der Waals surface area contributed by atoms with E-state index in [-0.39, 0.29) is 0 Å². The van der Waals surface area contributed by atoms with Crippen LogP contribution in [0.5, 0.6) is 0 Å². The predicted octanol–water partition coefficient (Wildman–Crippen LogP) is 0.990. The van der Waals surface area contributed by atoms with Crippen LogP contribution in [0.15, 0.2) is 12.3 Å². The molecule has 20 heavy (non-hydrogen) atoms. The summed E-state index contributed by atoms with van der Waals surface area (Å²) in [5, 5.41) is 8.07. The van der Waals surface area contributed by atoms with Crippen molar-refractivity contribution in [2.75, 3.05) is 44.4 Å². The number of aromatic nitrogens is 2. The maximum atomic E-state index is 5.74. The molecule has 1 aromatic heterocycles.